The van der Waals surface area contributed by atoms with Crippen molar-refractivity contribution < 1.29 is 19.1 Å². The van der Waals surface area contributed by atoms with Gasteiger partial charge in [-0.2, -0.15) is 0 Å². The molecule has 25 heavy (non-hydrogen) atoms. The summed E-state index contributed by atoms with van der Waals surface area (Å²) < 4.78 is 10.4. The number of amides is 1. The summed E-state index contributed by atoms with van der Waals surface area (Å²) in [6.45, 7) is 3.36. The summed E-state index contributed by atoms with van der Waals surface area (Å²) in [7, 11) is 1.49. The molecule has 1 N–H and O–H groups in total. The van der Waals surface area contributed by atoms with Crippen molar-refractivity contribution in [2.75, 3.05) is 12.4 Å². The predicted octanol–water partition coefficient (Wildman–Crippen LogP) is 4.22. The lowest BCUT2D eigenvalue weighted by Crippen LogP contribution is -2.30. The highest BCUT2D eigenvalue weighted by molar-refractivity contribution is 7.09. The molecule has 0 aliphatic rings. The molecule has 1 amide bonds. The minimum atomic E-state index is -0.906. The van der Waals surface area contributed by atoms with Crippen LogP contribution in [0.15, 0.2) is 29.6 Å². The fraction of sp³-hybridized carbons (Fsp3) is 0.333. The summed E-state index contributed by atoms with van der Waals surface area (Å²) in [4.78, 5) is 25.3. The van der Waals surface area contributed by atoms with Crippen LogP contribution >= 0.6 is 22.9 Å². The van der Waals surface area contributed by atoms with Crippen LogP contribution in [-0.2, 0) is 20.7 Å². The van der Waals surface area contributed by atoms with Gasteiger partial charge in [0.05, 0.1) is 19.2 Å². The zero-order valence-corrected chi connectivity index (χ0v) is 15.9. The Kier molecular flexibility index (Phi) is 6.84. The van der Waals surface area contributed by atoms with E-state index in [1.165, 1.54) is 14.0 Å². The van der Waals surface area contributed by atoms with E-state index >= 15 is 0 Å². The lowest BCUT2D eigenvalue weighted by atomic mass is 10.2. The Morgan fingerprint density at radius 1 is 1.36 bits per heavy atom. The zero-order chi connectivity index (χ0) is 18.4. The number of thiophene rings is 1. The lowest BCUT2D eigenvalue weighted by molar-refractivity contribution is -0.153. The van der Waals surface area contributed by atoms with E-state index in [-0.39, 0.29) is 6.42 Å². The number of rotatable bonds is 7. The van der Waals surface area contributed by atoms with Crippen molar-refractivity contribution in [1.82, 2.24) is 0 Å². The number of nitrogens with one attached hydrogen (secondary N) is 1. The third-order valence-electron chi connectivity index (χ3n) is 3.57. The van der Waals surface area contributed by atoms with E-state index in [0.717, 1.165) is 10.4 Å². The van der Waals surface area contributed by atoms with Crippen LogP contribution in [0, 0.1) is 6.92 Å². The van der Waals surface area contributed by atoms with Crippen LogP contribution < -0.4 is 10.1 Å². The molecular weight excluding hydrogens is 362 g/mol. The summed E-state index contributed by atoms with van der Waals surface area (Å²) in [5, 5.41) is 5.21. The Bertz CT molecular complexity index is 746. The Morgan fingerprint density at radius 2 is 2.12 bits per heavy atom. The molecule has 1 atom stereocenters. The Morgan fingerprint density at radius 3 is 2.76 bits per heavy atom. The molecule has 1 aromatic carbocycles. The maximum Gasteiger partial charge on any atom is 0.306 e. The minimum absolute atomic E-state index is 0.238. The first-order chi connectivity index (χ1) is 11.9. The third-order valence-corrected chi connectivity index (χ3v) is 4.92. The normalized spacial score (nSPS) is 11.7. The first kappa shape index (κ1) is 19.3. The van der Waals surface area contributed by atoms with Gasteiger partial charge in [-0.1, -0.05) is 17.7 Å². The van der Waals surface area contributed by atoms with Gasteiger partial charge in [-0.25, -0.2) is 0 Å². The van der Waals surface area contributed by atoms with Crippen LogP contribution in [0.4, 0.5) is 5.69 Å². The van der Waals surface area contributed by atoms with E-state index in [9.17, 15) is 9.59 Å². The molecule has 1 heterocycles. The van der Waals surface area contributed by atoms with E-state index in [0.29, 0.717) is 22.9 Å². The molecule has 0 unspecified atom stereocenters. The molecular formula is C18H20ClNO4S. The van der Waals surface area contributed by atoms with Crippen molar-refractivity contribution in [1.29, 1.82) is 0 Å². The first-order valence-electron chi connectivity index (χ1n) is 7.77. The highest BCUT2D eigenvalue weighted by atomic mass is 35.5. The monoisotopic (exact) mass is 381 g/mol. The fourth-order valence-electron chi connectivity index (χ4n) is 2.15. The highest BCUT2D eigenvalue weighted by Gasteiger charge is 2.19. The largest absolute Gasteiger partial charge is 0.495 e. The average molecular weight is 382 g/mol. The molecule has 0 saturated carbocycles. The number of carbonyl (C=O) groups excluding carboxylic acids is 2. The topological polar surface area (TPSA) is 64.6 Å². The van der Waals surface area contributed by atoms with Gasteiger partial charge in [0.2, 0.25) is 0 Å². The molecule has 2 rings (SSSR count). The molecule has 0 saturated heterocycles. The molecule has 0 aliphatic carbocycles. The molecule has 0 radical (unpaired) electrons. The number of esters is 1. The molecule has 0 bridgehead atoms. The summed E-state index contributed by atoms with van der Waals surface area (Å²) in [5.41, 5.74) is 1.29. The molecule has 134 valence electrons. The lowest BCUT2D eigenvalue weighted by Gasteiger charge is -2.16. The van der Waals surface area contributed by atoms with Crippen molar-refractivity contribution in [2.24, 2.45) is 0 Å². The summed E-state index contributed by atoms with van der Waals surface area (Å²) in [6.07, 6.45) is -0.0622. The van der Waals surface area contributed by atoms with E-state index in [1.54, 1.807) is 23.5 Å². The van der Waals surface area contributed by atoms with Gasteiger partial charge in [-0.3, -0.25) is 9.59 Å². The van der Waals surface area contributed by atoms with Crippen LogP contribution in [0.2, 0.25) is 5.02 Å². The number of halogens is 1. The van der Waals surface area contributed by atoms with Crippen LogP contribution in [0.3, 0.4) is 0 Å². The van der Waals surface area contributed by atoms with Crippen molar-refractivity contribution in [3.05, 3.63) is 45.1 Å². The van der Waals surface area contributed by atoms with Crippen molar-refractivity contribution in [3.8, 4) is 5.75 Å². The van der Waals surface area contributed by atoms with Gasteiger partial charge in [0.25, 0.3) is 5.91 Å². The second-order valence-corrected chi connectivity index (χ2v) is 6.94. The van der Waals surface area contributed by atoms with Crippen LogP contribution in [0.1, 0.15) is 23.8 Å². The van der Waals surface area contributed by atoms with Crippen molar-refractivity contribution >= 4 is 40.5 Å². The second-order valence-electron chi connectivity index (χ2n) is 5.50. The van der Waals surface area contributed by atoms with Crippen LogP contribution in [0.5, 0.6) is 5.75 Å². The maximum atomic E-state index is 12.3. The van der Waals surface area contributed by atoms with Crippen LogP contribution in [0.25, 0.3) is 0 Å². The number of hydrogen-bond acceptors (Lipinski definition) is 5. The molecule has 1 aromatic heterocycles. The highest BCUT2D eigenvalue weighted by Crippen LogP contribution is 2.31. The van der Waals surface area contributed by atoms with E-state index < -0.39 is 18.0 Å². The Balaban J connectivity index is 1.91. The first-order valence-corrected chi connectivity index (χ1v) is 9.03. The molecule has 0 spiro atoms. The van der Waals surface area contributed by atoms with Crippen LogP contribution in [-0.4, -0.2) is 25.1 Å². The number of carbonyl (C=O) groups is 2. The summed E-state index contributed by atoms with van der Waals surface area (Å²) in [5.74, 6) is -0.389. The van der Waals surface area contributed by atoms with Gasteiger partial charge in [0.1, 0.15) is 5.75 Å². The minimum Gasteiger partial charge on any atom is -0.495 e. The third kappa shape index (κ3) is 5.47. The number of anilines is 1. The molecule has 2 aromatic rings. The van der Waals surface area contributed by atoms with Gasteiger partial charge in [0, 0.05) is 16.0 Å². The SMILES string of the molecule is COc1cc(Cl)c(C)cc1NC(=O)[C@@H](C)OC(=O)CCc1cccs1. The van der Waals surface area contributed by atoms with Gasteiger partial charge in [-0.05, 0) is 43.3 Å². The fourth-order valence-corrected chi connectivity index (χ4v) is 3.02. The van der Waals surface area contributed by atoms with Gasteiger partial charge in [0.15, 0.2) is 6.10 Å². The average Bonchev–Trinajstić information content (AvgIpc) is 3.09. The Hall–Kier alpha value is -2.05. The van der Waals surface area contributed by atoms with E-state index in [2.05, 4.69) is 5.32 Å². The summed E-state index contributed by atoms with van der Waals surface area (Å²) >= 11 is 7.64. The van der Waals surface area contributed by atoms with Crippen molar-refractivity contribution in [2.45, 2.75) is 32.8 Å². The predicted molar refractivity (Wildman–Crippen MR) is 99.6 cm³/mol. The molecule has 0 aliphatic heterocycles. The second kappa shape index (κ2) is 8.87. The Labute approximate surface area is 155 Å². The maximum absolute atomic E-state index is 12.3. The standard InChI is InChI=1S/C18H20ClNO4S/c1-11-9-15(16(23-3)10-14(11)19)20-18(22)12(2)24-17(21)7-6-13-5-4-8-25-13/h4-5,8-10,12H,6-7H2,1-3H3,(H,20,22)/t12-/m1/s1. The van der Waals surface area contributed by atoms with Gasteiger partial charge >= 0.3 is 5.97 Å². The number of ether oxygens (including phenoxy) is 2. The molecule has 7 heteroatoms. The van der Waals surface area contributed by atoms with Crippen molar-refractivity contribution in [3.63, 3.8) is 0 Å². The van der Waals surface area contributed by atoms with E-state index in [1.807, 2.05) is 24.4 Å². The quantitative estimate of drug-likeness (QED) is 0.729. The number of methoxy groups -OCH3 is 1. The smallest absolute Gasteiger partial charge is 0.306 e. The molecule has 0 fully saturated rings. The summed E-state index contributed by atoms with van der Waals surface area (Å²) in [6, 6.07) is 7.24. The van der Waals surface area contributed by atoms with Gasteiger partial charge < -0.3 is 14.8 Å². The van der Waals surface area contributed by atoms with Gasteiger partial charge in [-0.15, -0.1) is 11.3 Å². The van der Waals surface area contributed by atoms with E-state index in [4.69, 9.17) is 21.1 Å². The zero-order valence-electron chi connectivity index (χ0n) is 14.3. The number of hydrogen-bond donors (Lipinski definition) is 1. The number of benzene rings is 1. The molecule has 5 nitrogen and oxygen atoms in total. The number of aryl methyl sites for hydroxylation is 2.